The standard InChI is InChI=1S/C17H18O6/c1-10-6-7-14-12(8-10)11(4-3-5-16(20)22-2)13(9-15(18)19)17(21)23-14/h6-8H,3-5,9H2,1-2H3,(H,18,19). The molecule has 0 aliphatic rings. The van der Waals surface area contributed by atoms with Crippen LogP contribution in [0.1, 0.15) is 29.5 Å². The molecule has 0 saturated heterocycles. The van der Waals surface area contributed by atoms with Crippen LogP contribution in [0.3, 0.4) is 0 Å². The average Bonchev–Trinajstić information content (AvgIpc) is 2.50. The van der Waals surface area contributed by atoms with Gasteiger partial charge < -0.3 is 14.3 Å². The van der Waals surface area contributed by atoms with E-state index in [0.717, 1.165) is 5.56 Å². The van der Waals surface area contributed by atoms with Crippen molar-refractivity contribution in [2.75, 3.05) is 7.11 Å². The van der Waals surface area contributed by atoms with Crippen LogP contribution in [0.5, 0.6) is 0 Å². The summed E-state index contributed by atoms with van der Waals surface area (Å²) in [7, 11) is 1.31. The molecule has 0 unspecified atom stereocenters. The Kier molecular flexibility index (Phi) is 5.16. The zero-order valence-electron chi connectivity index (χ0n) is 13.0. The Morgan fingerprint density at radius 3 is 2.65 bits per heavy atom. The third-order valence-electron chi connectivity index (χ3n) is 3.64. The van der Waals surface area contributed by atoms with Gasteiger partial charge >= 0.3 is 17.6 Å². The Morgan fingerprint density at radius 2 is 2.00 bits per heavy atom. The van der Waals surface area contributed by atoms with Gasteiger partial charge in [-0.25, -0.2) is 4.79 Å². The van der Waals surface area contributed by atoms with Crippen LogP contribution in [-0.4, -0.2) is 24.2 Å². The number of aryl methyl sites for hydroxylation is 2. The first-order chi connectivity index (χ1) is 10.9. The van der Waals surface area contributed by atoms with E-state index in [0.29, 0.717) is 29.4 Å². The second kappa shape index (κ2) is 7.09. The lowest BCUT2D eigenvalue weighted by molar-refractivity contribution is -0.140. The molecule has 2 rings (SSSR count). The lowest BCUT2D eigenvalue weighted by atomic mass is 9.96. The predicted molar refractivity (Wildman–Crippen MR) is 83.5 cm³/mol. The van der Waals surface area contributed by atoms with E-state index in [1.807, 2.05) is 19.1 Å². The molecule has 0 fully saturated rings. The minimum Gasteiger partial charge on any atom is -0.481 e. The van der Waals surface area contributed by atoms with Crippen molar-refractivity contribution < 1.29 is 23.8 Å². The van der Waals surface area contributed by atoms with Gasteiger partial charge in [0.1, 0.15) is 5.58 Å². The summed E-state index contributed by atoms with van der Waals surface area (Å²) in [5.41, 5.74) is 1.52. The largest absolute Gasteiger partial charge is 0.481 e. The van der Waals surface area contributed by atoms with Gasteiger partial charge in [0.2, 0.25) is 0 Å². The maximum atomic E-state index is 12.1. The number of fused-ring (bicyclic) bond motifs is 1. The van der Waals surface area contributed by atoms with E-state index in [1.54, 1.807) is 6.07 Å². The van der Waals surface area contributed by atoms with Crippen molar-refractivity contribution in [2.24, 2.45) is 0 Å². The second-order valence-corrected chi connectivity index (χ2v) is 5.35. The van der Waals surface area contributed by atoms with E-state index in [-0.39, 0.29) is 18.0 Å². The van der Waals surface area contributed by atoms with Crippen LogP contribution in [0, 0.1) is 6.92 Å². The van der Waals surface area contributed by atoms with Gasteiger partial charge in [-0.1, -0.05) is 11.6 Å². The fourth-order valence-electron chi connectivity index (χ4n) is 2.54. The average molecular weight is 318 g/mol. The number of hydrogen-bond donors (Lipinski definition) is 1. The molecular formula is C17H18O6. The van der Waals surface area contributed by atoms with Gasteiger partial charge in [-0.15, -0.1) is 0 Å². The Labute approximate surface area is 132 Å². The zero-order chi connectivity index (χ0) is 17.0. The maximum Gasteiger partial charge on any atom is 0.340 e. The number of methoxy groups -OCH3 is 1. The highest BCUT2D eigenvalue weighted by molar-refractivity contribution is 5.83. The van der Waals surface area contributed by atoms with Crippen molar-refractivity contribution in [1.29, 1.82) is 0 Å². The van der Waals surface area contributed by atoms with Crippen LogP contribution >= 0.6 is 0 Å². The van der Waals surface area contributed by atoms with Crippen LogP contribution in [-0.2, 0) is 27.2 Å². The van der Waals surface area contributed by atoms with Gasteiger partial charge in [0, 0.05) is 11.8 Å². The first kappa shape index (κ1) is 16.7. The number of rotatable bonds is 6. The summed E-state index contributed by atoms with van der Waals surface area (Å²) >= 11 is 0. The molecule has 0 amide bonds. The highest BCUT2D eigenvalue weighted by Crippen LogP contribution is 2.23. The van der Waals surface area contributed by atoms with Crippen molar-refractivity contribution >= 4 is 22.9 Å². The zero-order valence-corrected chi connectivity index (χ0v) is 13.0. The maximum absolute atomic E-state index is 12.1. The SMILES string of the molecule is COC(=O)CCCc1c(CC(=O)O)c(=O)oc2ccc(C)cc12. The minimum atomic E-state index is -1.10. The highest BCUT2D eigenvalue weighted by Gasteiger charge is 2.17. The highest BCUT2D eigenvalue weighted by atomic mass is 16.5. The van der Waals surface area contributed by atoms with Crippen LogP contribution in [0.15, 0.2) is 27.4 Å². The lowest BCUT2D eigenvalue weighted by Crippen LogP contribution is -2.16. The molecular weight excluding hydrogens is 300 g/mol. The minimum absolute atomic E-state index is 0.139. The number of ether oxygens (including phenoxy) is 1. The van der Waals surface area contributed by atoms with Crippen LogP contribution in [0.2, 0.25) is 0 Å². The number of benzene rings is 1. The van der Waals surface area contributed by atoms with E-state index in [9.17, 15) is 14.4 Å². The molecule has 2 aromatic rings. The monoisotopic (exact) mass is 318 g/mol. The molecule has 0 radical (unpaired) electrons. The fourth-order valence-corrected chi connectivity index (χ4v) is 2.54. The van der Waals surface area contributed by atoms with E-state index in [1.165, 1.54) is 7.11 Å². The quantitative estimate of drug-likeness (QED) is 0.648. The van der Waals surface area contributed by atoms with Crippen LogP contribution in [0.4, 0.5) is 0 Å². The smallest absolute Gasteiger partial charge is 0.340 e. The Balaban J connectivity index is 2.50. The topological polar surface area (TPSA) is 93.8 Å². The third kappa shape index (κ3) is 3.97. The van der Waals surface area contributed by atoms with Gasteiger partial charge in [0.25, 0.3) is 0 Å². The Bertz CT molecular complexity index is 803. The van der Waals surface area contributed by atoms with Crippen molar-refractivity contribution in [3.05, 3.63) is 45.3 Å². The number of esters is 1. The van der Waals surface area contributed by atoms with Crippen LogP contribution in [0.25, 0.3) is 11.0 Å². The molecule has 0 saturated carbocycles. The Hall–Kier alpha value is -2.63. The van der Waals surface area contributed by atoms with Gasteiger partial charge in [-0.05, 0) is 37.5 Å². The molecule has 6 nitrogen and oxygen atoms in total. The number of carbonyl (C=O) groups excluding carboxylic acids is 1. The summed E-state index contributed by atoms with van der Waals surface area (Å²) in [4.78, 5) is 34.4. The molecule has 23 heavy (non-hydrogen) atoms. The third-order valence-corrected chi connectivity index (χ3v) is 3.64. The summed E-state index contributed by atoms with van der Waals surface area (Å²) in [6.45, 7) is 1.90. The number of carboxylic acid groups (broad SMARTS) is 1. The summed E-state index contributed by atoms with van der Waals surface area (Å²) < 4.78 is 9.83. The Morgan fingerprint density at radius 1 is 1.26 bits per heavy atom. The number of carboxylic acids is 1. The molecule has 0 aliphatic heterocycles. The van der Waals surface area contributed by atoms with E-state index in [4.69, 9.17) is 9.52 Å². The molecule has 1 N–H and O–H groups in total. The summed E-state index contributed by atoms with van der Waals surface area (Å²) in [5, 5.41) is 9.75. The van der Waals surface area contributed by atoms with Gasteiger partial charge in [0.05, 0.1) is 19.1 Å². The molecule has 1 heterocycles. The van der Waals surface area contributed by atoms with E-state index >= 15 is 0 Å². The molecule has 6 heteroatoms. The number of aliphatic carboxylic acids is 1. The summed E-state index contributed by atoms with van der Waals surface area (Å²) in [6.07, 6.45) is 0.672. The number of carbonyl (C=O) groups is 2. The van der Waals surface area contributed by atoms with Crippen molar-refractivity contribution in [3.8, 4) is 0 Å². The molecule has 0 atom stereocenters. The van der Waals surface area contributed by atoms with Crippen molar-refractivity contribution in [3.63, 3.8) is 0 Å². The van der Waals surface area contributed by atoms with Gasteiger partial charge in [-0.3, -0.25) is 9.59 Å². The molecule has 0 bridgehead atoms. The molecule has 1 aromatic carbocycles. The van der Waals surface area contributed by atoms with Gasteiger partial charge in [0.15, 0.2) is 0 Å². The molecule has 122 valence electrons. The molecule has 0 aliphatic carbocycles. The van der Waals surface area contributed by atoms with Gasteiger partial charge in [-0.2, -0.15) is 0 Å². The van der Waals surface area contributed by atoms with Crippen molar-refractivity contribution in [1.82, 2.24) is 0 Å². The van der Waals surface area contributed by atoms with Crippen LogP contribution < -0.4 is 5.63 Å². The first-order valence-corrected chi connectivity index (χ1v) is 7.26. The van der Waals surface area contributed by atoms with Crippen molar-refractivity contribution in [2.45, 2.75) is 32.6 Å². The van der Waals surface area contributed by atoms with E-state index in [2.05, 4.69) is 4.74 Å². The predicted octanol–water partition coefficient (Wildman–Crippen LogP) is 2.22. The number of hydrogen-bond acceptors (Lipinski definition) is 5. The fraction of sp³-hybridized carbons (Fsp3) is 0.353. The first-order valence-electron chi connectivity index (χ1n) is 7.26. The molecule has 1 aromatic heterocycles. The second-order valence-electron chi connectivity index (χ2n) is 5.35. The normalized spacial score (nSPS) is 10.7. The summed E-state index contributed by atoms with van der Waals surface area (Å²) in [5.74, 6) is -1.44. The summed E-state index contributed by atoms with van der Waals surface area (Å²) in [6, 6.07) is 5.37. The van der Waals surface area contributed by atoms with E-state index < -0.39 is 18.0 Å². The lowest BCUT2D eigenvalue weighted by Gasteiger charge is -2.11. The molecule has 0 spiro atoms.